The molecule has 0 aliphatic heterocycles. The molecule has 2 aromatic heterocycles. The molecule has 3 aromatic rings. The molecule has 0 spiro atoms. The zero-order chi connectivity index (χ0) is 12.5. The van der Waals surface area contributed by atoms with Gasteiger partial charge in [-0.15, -0.1) is 22.9 Å². The standard InChI is InChI=1S/C12H8Cl2N2OS/c13-7-9-11(15-12-16(9)5-6-18-12)17-10-4-2-1-3-8(10)14/h1-6H,7H2. The fourth-order valence-electron chi connectivity index (χ4n) is 1.65. The van der Waals surface area contributed by atoms with E-state index >= 15 is 0 Å². The molecule has 0 N–H and O–H groups in total. The molecule has 18 heavy (non-hydrogen) atoms. The monoisotopic (exact) mass is 298 g/mol. The lowest BCUT2D eigenvalue weighted by atomic mass is 10.3. The van der Waals surface area contributed by atoms with Crippen molar-refractivity contribution in [3.63, 3.8) is 0 Å². The third kappa shape index (κ3) is 1.96. The van der Waals surface area contributed by atoms with Gasteiger partial charge < -0.3 is 4.74 Å². The van der Waals surface area contributed by atoms with Crippen LogP contribution in [0.2, 0.25) is 5.02 Å². The summed E-state index contributed by atoms with van der Waals surface area (Å²) in [6.07, 6.45) is 1.92. The second-order valence-electron chi connectivity index (χ2n) is 3.59. The van der Waals surface area contributed by atoms with Crippen molar-refractivity contribution >= 4 is 39.5 Å². The third-order valence-electron chi connectivity index (χ3n) is 2.49. The van der Waals surface area contributed by atoms with Gasteiger partial charge in [-0.3, -0.25) is 4.40 Å². The number of para-hydroxylation sites is 1. The van der Waals surface area contributed by atoms with Crippen LogP contribution < -0.4 is 4.74 Å². The van der Waals surface area contributed by atoms with Gasteiger partial charge in [0.15, 0.2) is 4.96 Å². The normalized spacial score (nSPS) is 11.0. The minimum Gasteiger partial charge on any atom is -0.436 e. The summed E-state index contributed by atoms with van der Waals surface area (Å²) in [4.78, 5) is 5.25. The molecule has 0 amide bonds. The van der Waals surface area contributed by atoms with Gasteiger partial charge in [0.1, 0.15) is 11.4 Å². The Kier molecular flexibility index (Phi) is 3.16. The van der Waals surface area contributed by atoms with Crippen molar-refractivity contribution in [2.75, 3.05) is 0 Å². The number of ether oxygens (including phenoxy) is 1. The summed E-state index contributed by atoms with van der Waals surface area (Å²) < 4.78 is 7.65. The van der Waals surface area contributed by atoms with E-state index in [1.165, 1.54) is 11.3 Å². The third-order valence-corrected chi connectivity index (χ3v) is 3.82. The van der Waals surface area contributed by atoms with Crippen LogP contribution >= 0.6 is 34.5 Å². The second kappa shape index (κ2) is 4.80. The summed E-state index contributed by atoms with van der Waals surface area (Å²) in [5.41, 5.74) is 0.827. The van der Waals surface area contributed by atoms with Gasteiger partial charge in [0.05, 0.1) is 10.9 Å². The van der Waals surface area contributed by atoms with Gasteiger partial charge >= 0.3 is 0 Å². The van der Waals surface area contributed by atoms with Crippen molar-refractivity contribution in [2.45, 2.75) is 5.88 Å². The number of imidazole rings is 1. The van der Waals surface area contributed by atoms with Gasteiger partial charge in [-0.25, -0.2) is 0 Å². The van der Waals surface area contributed by atoms with Crippen LogP contribution in [-0.2, 0) is 5.88 Å². The number of aromatic nitrogens is 2. The zero-order valence-electron chi connectivity index (χ0n) is 9.14. The molecule has 0 bridgehead atoms. The summed E-state index contributed by atoms with van der Waals surface area (Å²) in [5, 5.41) is 2.51. The maximum absolute atomic E-state index is 6.05. The van der Waals surface area contributed by atoms with E-state index in [0.717, 1.165) is 10.7 Å². The lowest BCUT2D eigenvalue weighted by Gasteiger charge is -2.05. The first kappa shape index (κ1) is 11.8. The Bertz CT molecular complexity index is 692. The molecule has 0 aliphatic rings. The van der Waals surface area contributed by atoms with Crippen LogP contribution in [0.3, 0.4) is 0 Å². The number of rotatable bonds is 3. The molecule has 92 valence electrons. The highest BCUT2D eigenvalue weighted by atomic mass is 35.5. The fraction of sp³-hybridized carbons (Fsp3) is 0.0833. The van der Waals surface area contributed by atoms with E-state index in [9.17, 15) is 0 Å². The Morgan fingerprint density at radius 1 is 1.33 bits per heavy atom. The van der Waals surface area contributed by atoms with Crippen LogP contribution in [0.25, 0.3) is 4.96 Å². The van der Waals surface area contributed by atoms with Crippen LogP contribution in [-0.4, -0.2) is 9.38 Å². The molecular formula is C12H8Cl2N2OS. The van der Waals surface area contributed by atoms with Crippen molar-refractivity contribution in [3.8, 4) is 11.6 Å². The topological polar surface area (TPSA) is 26.5 Å². The Labute approximate surface area is 118 Å². The van der Waals surface area contributed by atoms with Gasteiger partial charge in [-0.1, -0.05) is 23.7 Å². The van der Waals surface area contributed by atoms with Crippen molar-refractivity contribution in [2.24, 2.45) is 0 Å². The van der Waals surface area contributed by atoms with E-state index in [1.54, 1.807) is 12.1 Å². The molecule has 3 rings (SSSR count). The summed E-state index contributed by atoms with van der Waals surface area (Å²) in [7, 11) is 0. The number of alkyl halides is 1. The highest BCUT2D eigenvalue weighted by Gasteiger charge is 2.15. The molecule has 0 saturated carbocycles. The first-order valence-electron chi connectivity index (χ1n) is 5.22. The van der Waals surface area contributed by atoms with E-state index < -0.39 is 0 Å². The number of halogens is 2. The van der Waals surface area contributed by atoms with E-state index in [1.807, 2.05) is 28.1 Å². The van der Waals surface area contributed by atoms with Crippen LogP contribution in [0.1, 0.15) is 5.69 Å². The average molecular weight is 299 g/mol. The predicted molar refractivity (Wildman–Crippen MR) is 74.2 cm³/mol. The van der Waals surface area contributed by atoms with Crippen LogP contribution in [0.5, 0.6) is 11.6 Å². The van der Waals surface area contributed by atoms with E-state index in [2.05, 4.69) is 4.98 Å². The van der Waals surface area contributed by atoms with E-state index in [-0.39, 0.29) is 0 Å². The minimum absolute atomic E-state index is 0.331. The minimum atomic E-state index is 0.331. The van der Waals surface area contributed by atoms with Crippen LogP contribution in [0.15, 0.2) is 35.8 Å². The SMILES string of the molecule is ClCc1c(Oc2ccccc2Cl)nc2sccn12. The van der Waals surface area contributed by atoms with Crippen molar-refractivity contribution in [3.05, 3.63) is 46.6 Å². The maximum atomic E-state index is 6.05. The quantitative estimate of drug-likeness (QED) is 0.662. The number of hydrogen-bond donors (Lipinski definition) is 0. The Morgan fingerprint density at radius 2 is 2.17 bits per heavy atom. The number of thiazole rings is 1. The van der Waals surface area contributed by atoms with E-state index in [0.29, 0.717) is 22.5 Å². The van der Waals surface area contributed by atoms with Crippen LogP contribution in [0.4, 0.5) is 0 Å². The van der Waals surface area contributed by atoms with Gasteiger partial charge in [0.25, 0.3) is 0 Å². The van der Waals surface area contributed by atoms with Crippen LogP contribution in [0, 0.1) is 0 Å². The Balaban J connectivity index is 2.04. The molecule has 0 fully saturated rings. The molecular weight excluding hydrogens is 291 g/mol. The van der Waals surface area contributed by atoms with Gasteiger partial charge in [-0.2, -0.15) is 4.98 Å². The molecule has 3 nitrogen and oxygen atoms in total. The number of hydrogen-bond acceptors (Lipinski definition) is 3. The molecule has 0 unspecified atom stereocenters. The van der Waals surface area contributed by atoms with E-state index in [4.69, 9.17) is 27.9 Å². The largest absolute Gasteiger partial charge is 0.436 e. The molecule has 1 aromatic carbocycles. The maximum Gasteiger partial charge on any atom is 0.243 e. The molecule has 0 aliphatic carbocycles. The number of fused-ring (bicyclic) bond motifs is 1. The smallest absolute Gasteiger partial charge is 0.243 e. The second-order valence-corrected chi connectivity index (χ2v) is 5.13. The number of nitrogens with zero attached hydrogens (tertiary/aromatic N) is 2. The average Bonchev–Trinajstić information content (AvgIpc) is 2.92. The van der Waals surface area contributed by atoms with Gasteiger partial charge in [-0.05, 0) is 12.1 Å². The first-order valence-corrected chi connectivity index (χ1v) is 7.01. The van der Waals surface area contributed by atoms with Crippen molar-refractivity contribution in [1.29, 1.82) is 0 Å². The van der Waals surface area contributed by atoms with Gasteiger partial charge in [0.2, 0.25) is 5.88 Å². The molecule has 2 heterocycles. The Morgan fingerprint density at radius 3 is 2.94 bits per heavy atom. The first-order chi connectivity index (χ1) is 8.79. The summed E-state index contributed by atoms with van der Waals surface area (Å²) >= 11 is 13.5. The molecule has 0 saturated heterocycles. The zero-order valence-corrected chi connectivity index (χ0v) is 11.5. The van der Waals surface area contributed by atoms with Crippen molar-refractivity contribution in [1.82, 2.24) is 9.38 Å². The van der Waals surface area contributed by atoms with Crippen molar-refractivity contribution < 1.29 is 4.74 Å². The fourth-order valence-corrected chi connectivity index (χ4v) is 2.79. The lowest BCUT2D eigenvalue weighted by Crippen LogP contribution is -1.91. The lowest BCUT2D eigenvalue weighted by molar-refractivity contribution is 0.462. The summed E-state index contributed by atoms with van der Waals surface area (Å²) in [5.74, 6) is 1.42. The van der Waals surface area contributed by atoms with Gasteiger partial charge in [0, 0.05) is 11.6 Å². The number of benzene rings is 1. The molecule has 0 atom stereocenters. The molecule has 6 heteroatoms. The summed E-state index contributed by atoms with van der Waals surface area (Å²) in [6, 6.07) is 7.28. The molecule has 0 radical (unpaired) electrons. The summed E-state index contributed by atoms with van der Waals surface area (Å²) in [6.45, 7) is 0. The highest BCUT2D eigenvalue weighted by Crippen LogP contribution is 2.32. The highest BCUT2D eigenvalue weighted by molar-refractivity contribution is 7.15. The predicted octanol–water partition coefficient (Wildman–Crippen LogP) is 4.58. The Hall–Kier alpha value is -1.23.